The molecular formula is C13H20N4O2. The molecule has 2 N–H and O–H groups in total. The van der Waals surface area contributed by atoms with Crippen LogP contribution in [0.1, 0.15) is 36.2 Å². The minimum absolute atomic E-state index is 0.235. The molecule has 2 rings (SSSR count). The molecule has 6 nitrogen and oxygen atoms in total. The number of aromatic nitrogens is 2. The second-order valence-electron chi connectivity index (χ2n) is 4.69. The molecule has 1 fully saturated rings. The maximum atomic E-state index is 11.3. The maximum Gasteiger partial charge on any atom is 0.358 e. The van der Waals surface area contributed by atoms with Crippen molar-refractivity contribution < 1.29 is 9.53 Å². The van der Waals surface area contributed by atoms with Gasteiger partial charge in [-0.3, -0.25) is 0 Å². The van der Waals surface area contributed by atoms with Gasteiger partial charge in [0.05, 0.1) is 7.11 Å². The molecule has 1 unspecified atom stereocenters. The number of esters is 1. The van der Waals surface area contributed by atoms with E-state index >= 15 is 0 Å². The van der Waals surface area contributed by atoms with Crippen molar-refractivity contribution in [2.24, 2.45) is 5.73 Å². The number of nitrogens with zero attached hydrogens (tertiary/aromatic N) is 3. The van der Waals surface area contributed by atoms with Crippen molar-refractivity contribution in [1.29, 1.82) is 0 Å². The second kappa shape index (κ2) is 6.47. The third kappa shape index (κ3) is 3.20. The first-order valence-corrected chi connectivity index (χ1v) is 6.65. The topological polar surface area (TPSA) is 81.3 Å². The summed E-state index contributed by atoms with van der Waals surface area (Å²) in [4.78, 5) is 13.6. The van der Waals surface area contributed by atoms with Crippen LogP contribution >= 0.6 is 0 Å². The third-order valence-electron chi connectivity index (χ3n) is 3.47. The minimum Gasteiger partial charge on any atom is -0.464 e. The second-order valence-corrected chi connectivity index (χ2v) is 4.69. The highest BCUT2D eigenvalue weighted by Gasteiger charge is 2.23. The molecule has 1 aromatic heterocycles. The molecular weight excluding hydrogens is 244 g/mol. The highest BCUT2D eigenvalue weighted by Crippen LogP contribution is 2.24. The first kappa shape index (κ1) is 13.7. The van der Waals surface area contributed by atoms with E-state index in [4.69, 9.17) is 5.73 Å². The van der Waals surface area contributed by atoms with Gasteiger partial charge in [-0.25, -0.2) is 4.79 Å². The molecule has 19 heavy (non-hydrogen) atoms. The molecule has 0 aliphatic carbocycles. The number of carbonyl (C=O) groups excluding carboxylic acids is 1. The Morgan fingerprint density at radius 3 is 2.95 bits per heavy atom. The van der Waals surface area contributed by atoms with Crippen LogP contribution in [0.5, 0.6) is 0 Å². The van der Waals surface area contributed by atoms with E-state index in [1.165, 1.54) is 13.5 Å². The van der Waals surface area contributed by atoms with Crippen LogP contribution in [0.15, 0.2) is 12.1 Å². The van der Waals surface area contributed by atoms with Crippen molar-refractivity contribution in [1.82, 2.24) is 10.2 Å². The lowest BCUT2D eigenvalue weighted by atomic mass is 9.99. The number of piperidine rings is 1. The molecule has 0 saturated carbocycles. The molecule has 1 atom stereocenters. The van der Waals surface area contributed by atoms with Crippen molar-refractivity contribution >= 4 is 11.8 Å². The summed E-state index contributed by atoms with van der Waals surface area (Å²) in [5.41, 5.74) is 5.89. The molecule has 1 saturated heterocycles. The summed E-state index contributed by atoms with van der Waals surface area (Å²) in [7, 11) is 1.33. The van der Waals surface area contributed by atoms with Gasteiger partial charge < -0.3 is 15.4 Å². The Bertz CT molecular complexity index is 419. The summed E-state index contributed by atoms with van der Waals surface area (Å²) in [6.07, 6.45) is 4.48. The average Bonchev–Trinajstić information content (AvgIpc) is 2.47. The van der Waals surface area contributed by atoms with Gasteiger partial charge in [-0.2, -0.15) is 0 Å². The smallest absolute Gasteiger partial charge is 0.358 e. The van der Waals surface area contributed by atoms with Crippen LogP contribution in [0.2, 0.25) is 0 Å². The quantitative estimate of drug-likeness (QED) is 0.816. The van der Waals surface area contributed by atoms with E-state index in [0.29, 0.717) is 12.6 Å². The van der Waals surface area contributed by atoms with E-state index in [2.05, 4.69) is 19.8 Å². The summed E-state index contributed by atoms with van der Waals surface area (Å²) in [5, 5.41) is 8.06. The molecule has 6 heteroatoms. The van der Waals surface area contributed by atoms with E-state index in [9.17, 15) is 4.79 Å². The van der Waals surface area contributed by atoms with Crippen molar-refractivity contribution in [2.75, 3.05) is 25.1 Å². The largest absolute Gasteiger partial charge is 0.464 e. The van der Waals surface area contributed by atoms with Crippen molar-refractivity contribution in [2.45, 2.75) is 31.7 Å². The van der Waals surface area contributed by atoms with Crippen molar-refractivity contribution in [3.63, 3.8) is 0 Å². The Balaban J connectivity index is 2.13. The van der Waals surface area contributed by atoms with Gasteiger partial charge in [-0.1, -0.05) is 0 Å². The summed E-state index contributed by atoms with van der Waals surface area (Å²) >= 11 is 0. The number of hydrogen-bond acceptors (Lipinski definition) is 6. The normalized spacial score (nSPS) is 19.3. The molecule has 0 radical (unpaired) electrons. The first-order valence-electron chi connectivity index (χ1n) is 6.65. The summed E-state index contributed by atoms with van der Waals surface area (Å²) < 4.78 is 4.61. The standard InChI is InChI=1S/C13H20N4O2/c1-19-13(18)11-5-6-12(16-15-11)17-9-3-2-4-10(17)7-8-14/h5-6,10H,2-4,7-9,14H2,1H3. The fourth-order valence-electron chi connectivity index (χ4n) is 2.49. The predicted octanol–water partition coefficient (Wildman–Crippen LogP) is 0.971. The van der Waals surface area contributed by atoms with Gasteiger partial charge in [0.1, 0.15) is 0 Å². The van der Waals surface area contributed by atoms with E-state index < -0.39 is 5.97 Å². The number of anilines is 1. The molecule has 1 aliphatic heterocycles. The SMILES string of the molecule is COC(=O)c1ccc(N2CCCCC2CCN)nn1. The molecule has 2 heterocycles. The van der Waals surface area contributed by atoms with Crippen molar-refractivity contribution in [3.8, 4) is 0 Å². The lowest BCUT2D eigenvalue weighted by Crippen LogP contribution is -2.41. The summed E-state index contributed by atoms with van der Waals surface area (Å²) in [5.74, 6) is 0.349. The molecule has 0 aromatic carbocycles. The number of hydrogen-bond donors (Lipinski definition) is 1. The maximum absolute atomic E-state index is 11.3. The lowest BCUT2D eigenvalue weighted by Gasteiger charge is -2.36. The molecule has 0 spiro atoms. The molecule has 104 valence electrons. The number of rotatable bonds is 4. The van der Waals surface area contributed by atoms with E-state index in [1.807, 2.05) is 6.07 Å². The van der Waals surface area contributed by atoms with Gasteiger partial charge >= 0.3 is 5.97 Å². The average molecular weight is 264 g/mol. The number of ether oxygens (including phenoxy) is 1. The molecule has 0 bridgehead atoms. The monoisotopic (exact) mass is 264 g/mol. The zero-order chi connectivity index (χ0) is 13.7. The molecule has 1 aliphatic rings. The van der Waals surface area contributed by atoms with E-state index in [-0.39, 0.29) is 5.69 Å². The zero-order valence-corrected chi connectivity index (χ0v) is 11.2. The van der Waals surface area contributed by atoms with E-state index in [0.717, 1.165) is 31.6 Å². The number of methoxy groups -OCH3 is 1. The molecule has 0 amide bonds. The van der Waals surface area contributed by atoms with Crippen LogP contribution in [0.3, 0.4) is 0 Å². The van der Waals surface area contributed by atoms with Crippen LogP contribution < -0.4 is 10.6 Å². The molecule has 1 aromatic rings. The Morgan fingerprint density at radius 1 is 1.47 bits per heavy atom. The van der Waals surface area contributed by atoms with Crippen LogP contribution in [-0.2, 0) is 4.74 Å². The van der Waals surface area contributed by atoms with Gasteiger partial charge in [0.15, 0.2) is 11.5 Å². The van der Waals surface area contributed by atoms with Gasteiger partial charge in [-0.15, -0.1) is 10.2 Å². The summed E-state index contributed by atoms with van der Waals surface area (Å²) in [6.45, 7) is 1.64. The van der Waals surface area contributed by atoms with Gasteiger partial charge in [0, 0.05) is 12.6 Å². The van der Waals surface area contributed by atoms with Crippen molar-refractivity contribution in [3.05, 3.63) is 17.8 Å². The minimum atomic E-state index is -0.462. The lowest BCUT2D eigenvalue weighted by molar-refractivity contribution is 0.0592. The van der Waals surface area contributed by atoms with Crippen LogP contribution in [0.4, 0.5) is 5.82 Å². The Hall–Kier alpha value is -1.69. The van der Waals surface area contributed by atoms with Crippen LogP contribution in [-0.4, -0.2) is 42.4 Å². The summed E-state index contributed by atoms with van der Waals surface area (Å²) in [6, 6.07) is 3.91. The zero-order valence-electron chi connectivity index (χ0n) is 11.2. The predicted molar refractivity (Wildman–Crippen MR) is 72.0 cm³/mol. The Kier molecular flexibility index (Phi) is 4.68. The fourth-order valence-corrected chi connectivity index (χ4v) is 2.49. The third-order valence-corrected chi connectivity index (χ3v) is 3.47. The Morgan fingerprint density at radius 2 is 2.32 bits per heavy atom. The van der Waals surface area contributed by atoms with Gasteiger partial charge in [0.2, 0.25) is 0 Å². The van der Waals surface area contributed by atoms with Crippen LogP contribution in [0.25, 0.3) is 0 Å². The Labute approximate surface area is 112 Å². The van der Waals surface area contributed by atoms with Crippen LogP contribution in [0, 0.1) is 0 Å². The van der Waals surface area contributed by atoms with Gasteiger partial charge in [0.25, 0.3) is 0 Å². The highest BCUT2D eigenvalue weighted by atomic mass is 16.5. The number of carbonyl (C=O) groups is 1. The van der Waals surface area contributed by atoms with Gasteiger partial charge in [-0.05, 0) is 44.4 Å². The number of nitrogens with two attached hydrogens (primary N) is 1. The van der Waals surface area contributed by atoms with E-state index in [1.54, 1.807) is 6.07 Å². The fraction of sp³-hybridized carbons (Fsp3) is 0.615. The first-order chi connectivity index (χ1) is 9.26. The highest BCUT2D eigenvalue weighted by molar-refractivity contribution is 5.86.